The lowest BCUT2D eigenvalue weighted by atomic mass is 10.2. The molecule has 0 bridgehead atoms. The van der Waals surface area contributed by atoms with Crippen molar-refractivity contribution in [3.63, 3.8) is 0 Å². The fourth-order valence-electron chi connectivity index (χ4n) is 1.95. The summed E-state index contributed by atoms with van der Waals surface area (Å²) in [6.07, 6.45) is 0. The minimum Gasteiger partial charge on any atom is -0.480 e. The lowest BCUT2D eigenvalue weighted by molar-refractivity contribution is -0.135. The molecule has 108 valence electrons. The maximum Gasteiger partial charge on any atom is 0.323 e. The Hall–Kier alpha value is -2.15. The molecule has 0 amide bonds. The Morgan fingerprint density at radius 2 is 2.10 bits per heavy atom. The molecule has 2 rings (SSSR count). The van der Waals surface area contributed by atoms with Crippen LogP contribution in [0.15, 0.2) is 18.2 Å². The van der Waals surface area contributed by atoms with Gasteiger partial charge in [0.05, 0.1) is 12.1 Å². The minimum atomic E-state index is -0.859. The van der Waals surface area contributed by atoms with Crippen molar-refractivity contribution >= 4 is 22.7 Å². The van der Waals surface area contributed by atoms with Gasteiger partial charge in [0.25, 0.3) is 0 Å². The number of fused-ring (bicyclic) bond motifs is 1. The van der Waals surface area contributed by atoms with Crippen LogP contribution < -0.4 is 4.90 Å². The summed E-state index contributed by atoms with van der Waals surface area (Å²) in [7, 11) is 5.77. The van der Waals surface area contributed by atoms with Gasteiger partial charge in [0.2, 0.25) is 0 Å². The molecule has 2 aromatic rings. The molecule has 0 saturated carbocycles. The smallest absolute Gasteiger partial charge is 0.323 e. The van der Waals surface area contributed by atoms with Gasteiger partial charge < -0.3 is 14.9 Å². The summed E-state index contributed by atoms with van der Waals surface area (Å²) in [5.41, 5.74) is 2.55. The lowest BCUT2D eigenvalue weighted by Crippen LogP contribution is -2.24. The number of aliphatic carboxylic acids is 1. The molecule has 0 radical (unpaired) electrons. The maximum atomic E-state index is 10.7. The van der Waals surface area contributed by atoms with E-state index in [1.165, 1.54) is 0 Å². The third kappa shape index (κ3) is 3.24. The molecule has 0 atom stereocenters. The monoisotopic (exact) mass is 277 g/mol. The molecular weight excluding hydrogens is 258 g/mol. The van der Waals surface area contributed by atoms with Gasteiger partial charge in [0.1, 0.15) is 12.1 Å². The molecule has 0 aliphatic rings. The van der Waals surface area contributed by atoms with Gasteiger partial charge in [0.15, 0.2) is 0 Å². The molecule has 0 saturated heterocycles. The van der Waals surface area contributed by atoms with Gasteiger partial charge in [-0.1, -0.05) is 5.21 Å². The summed E-state index contributed by atoms with van der Waals surface area (Å²) in [6.45, 7) is 1.62. The van der Waals surface area contributed by atoms with Crippen LogP contribution in [0, 0.1) is 0 Å². The molecule has 0 spiro atoms. The number of nitrogens with zero attached hydrogens (tertiary/aromatic N) is 5. The fourth-order valence-corrected chi connectivity index (χ4v) is 1.95. The molecule has 1 aromatic carbocycles. The van der Waals surface area contributed by atoms with Gasteiger partial charge >= 0.3 is 5.97 Å². The number of aromatic nitrogens is 3. The highest BCUT2D eigenvalue weighted by molar-refractivity contribution is 5.80. The normalized spacial score (nSPS) is 11.2. The Morgan fingerprint density at radius 3 is 2.75 bits per heavy atom. The van der Waals surface area contributed by atoms with Crippen LogP contribution in [-0.4, -0.2) is 65.2 Å². The summed E-state index contributed by atoms with van der Waals surface area (Å²) in [5.74, 6) is -0.859. The minimum absolute atomic E-state index is 0.0414. The van der Waals surface area contributed by atoms with Crippen molar-refractivity contribution in [3.05, 3.63) is 18.2 Å². The fraction of sp³-hybridized carbons (Fsp3) is 0.462. The van der Waals surface area contributed by atoms with E-state index in [1.54, 1.807) is 11.9 Å². The van der Waals surface area contributed by atoms with Crippen molar-refractivity contribution in [2.45, 2.75) is 6.54 Å². The van der Waals surface area contributed by atoms with Crippen molar-refractivity contribution in [3.8, 4) is 0 Å². The Kier molecular flexibility index (Phi) is 4.19. The molecule has 1 N–H and O–H groups in total. The molecule has 20 heavy (non-hydrogen) atoms. The summed E-state index contributed by atoms with van der Waals surface area (Å²) in [5, 5.41) is 17.1. The zero-order valence-electron chi connectivity index (χ0n) is 11.9. The van der Waals surface area contributed by atoms with E-state index in [1.807, 2.05) is 37.0 Å². The van der Waals surface area contributed by atoms with Crippen LogP contribution >= 0.6 is 0 Å². The van der Waals surface area contributed by atoms with Crippen LogP contribution in [-0.2, 0) is 11.3 Å². The van der Waals surface area contributed by atoms with E-state index in [0.29, 0.717) is 0 Å². The molecule has 0 aliphatic heterocycles. The van der Waals surface area contributed by atoms with Gasteiger partial charge in [-0.25, -0.2) is 4.68 Å². The Balaban J connectivity index is 2.21. The predicted octanol–water partition coefficient (Wildman–Crippen LogP) is 0.514. The second-order valence-electron chi connectivity index (χ2n) is 5.04. The van der Waals surface area contributed by atoms with E-state index in [4.69, 9.17) is 5.11 Å². The van der Waals surface area contributed by atoms with Crippen LogP contribution in [0.25, 0.3) is 11.0 Å². The molecule has 0 aliphatic carbocycles. The van der Waals surface area contributed by atoms with Gasteiger partial charge in [-0.05, 0) is 32.3 Å². The van der Waals surface area contributed by atoms with E-state index in [9.17, 15) is 4.79 Å². The van der Waals surface area contributed by atoms with Crippen molar-refractivity contribution in [1.29, 1.82) is 0 Å². The number of likely N-dealkylation sites (N-methyl/N-ethyl adjacent to an activating group) is 2. The van der Waals surface area contributed by atoms with Crippen molar-refractivity contribution in [1.82, 2.24) is 19.9 Å². The first-order chi connectivity index (χ1) is 9.47. The van der Waals surface area contributed by atoms with E-state index < -0.39 is 5.97 Å². The number of anilines is 1. The lowest BCUT2D eigenvalue weighted by Gasteiger charge is -2.16. The highest BCUT2D eigenvalue weighted by atomic mass is 16.4. The van der Waals surface area contributed by atoms with E-state index >= 15 is 0 Å². The third-order valence-electron chi connectivity index (χ3n) is 3.07. The van der Waals surface area contributed by atoms with Gasteiger partial charge in [-0.2, -0.15) is 0 Å². The second kappa shape index (κ2) is 5.87. The summed E-state index contributed by atoms with van der Waals surface area (Å²) < 4.78 is 1.86. The van der Waals surface area contributed by atoms with Crippen LogP contribution in [0.4, 0.5) is 5.69 Å². The third-order valence-corrected chi connectivity index (χ3v) is 3.07. The Morgan fingerprint density at radius 1 is 1.35 bits per heavy atom. The molecule has 7 nitrogen and oxygen atoms in total. The number of hydrogen-bond donors (Lipinski definition) is 1. The van der Waals surface area contributed by atoms with E-state index in [2.05, 4.69) is 15.2 Å². The predicted molar refractivity (Wildman–Crippen MR) is 77.0 cm³/mol. The molecular formula is C13H19N5O2. The standard InChI is InChI=1S/C13H19N5O2/c1-16(2)6-7-18-12-5-4-10(8-11(12)14-15-18)17(3)9-13(19)20/h4-5,8H,6-7,9H2,1-3H3,(H,19,20). The van der Waals surface area contributed by atoms with Crippen LogP contribution in [0.2, 0.25) is 0 Å². The van der Waals surface area contributed by atoms with Gasteiger partial charge in [-0.3, -0.25) is 4.79 Å². The molecule has 1 heterocycles. The maximum absolute atomic E-state index is 10.7. The number of carboxylic acid groups (broad SMARTS) is 1. The molecule has 1 aromatic heterocycles. The van der Waals surface area contributed by atoms with Gasteiger partial charge in [-0.15, -0.1) is 5.10 Å². The first-order valence-electron chi connectivity index (χ1n) is 6.38. The Labute approximate surface area is 117 Å². The second-order valence-corrected chi connectivity index (χ2v) is 5.04. The van der Waals surface area contributed by atoms with Crippen LogP contribution in [0.5, 0.6) is 0 Å². The topological polar surface area (TPSA) is 74.5 Å². The average Bonchev–Trinajstić information content (AvgIpc) is 2.77. The van der Waals surface area contributed by atoms with Crippen molar-refractivity contribution < 1.29 is 9.90 Å². The van der Waals surface area contributed by atoms with E-state index in [0.717, 1.165) is 29.8 Å². The first-order valence-corrected chi connectivity index (χ1v) is 6.38. The van der Waals surface area contributed by atoms with Crippen LogP contribution in [0.3, 0.4) is 0 Å². The van der Waals surface area contributed by atoms with Gasteiger partial charge in [0, 0.05) is 19.3 Å². The zero-order chi connectivity index (χ0) is 14.7. The molecule has 0 unspecified atom stereocenters. The quantitative estimate of drug-likeness (QED) is 0.829. The first kappa shape index (κ1) is 14.3. The Bertz CT molecular complexity index is 608. The van der Waals surface area contributed by atoms with Crippen LogP contribution in [0.1, 0.15) is 0 Å². The molecule has 7 heteroatoms. The summed E-state index contributed by atoms with van der Waals surface area (Å²) >= 11 is 0. The number of carboxylic acids is 1. The summed E-state index contributed by atoms with van der Waals surface area (Å²) in [6, 6.07) is 5.68. The number of carbonyl (C=O) groups is 1. The number of benzene rings is 1. The largest absolute Gasteiger partial charge is 0.480 e. The zero-order valence-corrected chi connectivity index (χ0v) is 11.9. The highest BCUT2D eigenvalue weighted by Gasteiger charge is 2.09. The average molecular weight is 277 g/mol. The number of hydrogen-bond acceptors (Lipinski definition) is 5. The SMILES string of the molecule is CN(C)CCn1nnc2cc(N(C)CC(=O)O)ccc21. The van der Waals surface area contributed by atoms with Crippen molar-refractivity contribution in [2.24, 2.45) is 0 Å². The summed E-state index contributed by atoms with van der Waals surface area (Å²) in [4.78, 5) is 14.5. The number of rotatable bonds is 6. The molecule has 0 fully saturated rings. The van der Waals surface area contributed by atoms with E-state index in [-0.39, 0.29) is 6.54 Å². The van der Waals surface area contributed by atoms with Crippen molar-refractivity contribution in [2.75, 3.05) is 39.1 Å². The highest BCUT2D eigenvalue weighted by Crippen LogP contribution is 2.19.